The predicted octanol–water partition coefficient (Wildman–Crippen LogP) is 3.44. The fraction of sp³-hybridized carbons (Fsp3) is 0.176. The maximum absolute atomic E-state index is 12.7. The topological polar surface area (TPSA) is 74.1 Å². The van der Waals surface area contributed by atoms with E-state index in [4.69, 9.17) is 4.74 Å². The van der Waals surface area contributed by atoms with Crippen LogP contribution in [0.3, 0.4) is 0 Å². The molecule has 0 aliphatic rings. The van der Waals surface area contributed by atoms with Crippen molar-refractivity contribution in [1.29, 1.82) is 0 Å². The Bertz CT molecular complexity index is 1020. The van der Waals surface area contributed by atoms with Crippen LogP contribution in [-0.2, 0) is 4.74 Å². The van der Waals surface area contributed by atoms with Gasteiger partial charge in [0.15, 0.2) is 10.8 Å². The highest BCUT2D eigenvalue weighted by Gasteiger charge is 2.18. The zero-order valence-electron chi connectivity index (χ0n) is 13.5. The highest BCUT2D eigenvalue weighted by Crippen LogP contribution is 2.21. The van der Waals surface area contributed by atoms with Crippen molar-refractivity contribution < 1.29 is 9.53 Å². The molecule has 0 unspecified atom stereocenters. The molecule has 1 aromatic carbocycles. The van der Waals surface area contributed by atoms with Gasteiger partial charge in [-0.2, -0.15) is 0 Å². The van der Waals surface area contributed by atoms with Crippen molar-refractivity contribution in [3.05, 3.63) is 56.9 Å². The summed E-state index contributed by atoms with van der Waals surface area (Å²) in [4.78, 5) is 33.5. The van der Waals surface area contributed by atoms with Crippen LogP contribution in [0.2, 0.25) is 0 Å². The van der Waals surface area contributed by atoms with Crippen molar-refractivity contribution in [2.24, 2.45) is 0 Å². The number of benzene rings is 1. The number of aromatic nitrogens is 3. The van der Waals surface area contributed by atoms with Crippen LogP contribution in [0.5, 0.6) is 0 Å². The summed E-state index contributed by atoms with van der Waals surface area (Å²) in [6.07, 6.45) is 4.78. The Morgan fingerprint density at radius 1 is 1.40 bits per heavy atom. The molecule has 0 spiro atoms. The molecule has 2 heterocycles. The highest BCUT2D eigenvalue weighted by atomic mass is 79.9. The molecule has 128 valence electrons. The van der Waals surface area contributed by atoms with E-state index < -0.39 is 11.4 Å². The lowest BCUT2D eigenvalue weighted by Crippen LogP contribution is -2.21. The van der Waals surface area contributed by atoms with Gasteiger partial charge in [0.05, 0.1) is 12.0 Å². The van der Waals surface area contributed by atoms with Crippen molar-refractivity contribution in [2.45, 2.75) is 12.1 Å². The van der Waals surface area contributed by atoms with E-state index in [-0.39, 0.29) is 17.6 Å². The molecule has 0 aliphatic heterocycles. The summed E-state index contributed by atoms with van der Waals surface area (Å²) in [6, 6.07) is 7.50. The maximum atomic E-state index is 12.7. The number of pyridine rings is 1. The summed E-state index contributed by atoms with van der Waals surface area (Å²) in [5.74, 6) is -0.660. The van der Waals surface area contributed by atoms with Gasteiger partial charge in [-0.15, -0.1) is 0 Å². The van der Waals surface area contributed by atoms with Crippen LogP contribution >= 0.6 is 27.7 Å². The van der Waals surface area contributed by atoms with Crippen molar-refractivity contribution in [1.82, 2.24) is 14.5 Å². The monoisotopic (exact) mass is 419 g/mol. The van der Waals surface area contributed by atoms with Crippen molar-refractivity contribution in [3.63, 3.8) is 0 Å². The van der Waals surface area contributed by atoms with E-state index in [0.717, 1.165) is 10.2 Å². The van der Waals surface area contributed by atoms with Gasteiger partial charge in [0.1, 0.15) is 5.56 Å². The smallest absolute Gasteiger partial charge is 0.343 e. The Balaban J connectivity index is 2.37. The molecule has 0 atom stereocenters. The van der Waals surface area contributed by atoms with Gasteiger partial charge in [0.25, 0.3) is 0 Å². The van der Waals surface area contributed by atoms with Crippen LogP contribution in [0.1, 0.15) is 17.3 Å². The van der Waals surface area contributed by atoms with Gasteiger partial charge in [-0.3, -0.25) is 4.79 Å². The van der Waals surface area contributed by atoms with E-state index in [1.54, 1.807) is 11.5 Å². The molecule has 0 saturated heterocycles. The third-order valence-electron chi connectivity index (χ3n) is 3.49. The minimum Gasteiger partial charge on any atom is -0.462 e. The Hall–Kier alpha value is -2.19. The molecule has 2 aromatic heterocycles. The number of carbonyl (C=O) groups is 1. The lowest BCUT2D eigenvalue weighted by molar-refractivity contribution is 0.0524. The van der Waals surface area contributed by atoms with Crippen molar-refractivity contribution >= 4 is 44.7 Å². The molecule has 0 fully saturated rings. The van der Waals surface area contributed by atoms with E-state index in [1.807, 2.05) is 30.5 Å². The van der Waals surface area contributed by atoms with Crippen LogP contribution in [0.4, 0.5) is 0 Å². The average Bonchev–Trinajstić information content (AvgIpc) is 2.61. The standard InChI is InChI=1S/C17H14BrN3O3S/c1-3-24-16(23)13-9-21(11-6-4-5-10(18)7-11)15-12(14(13)22)8-19-17(20-15)25-2/h4-9H,3H2,1-2H3. The molecule has 3 aromatic rings. The third kappa shape index (κ3) is 3.45. The Morgan fingerprint density at radius 2 is 2.20 bits per heavy atom. The number of ether oxygens (including phenoxy) is 1. The largest absolute Gasteiger partial charge is 0.462 e. The quantitative estimate of drug-likeness (QED) is 0.366. The van der Waals surface area contributed by atoms with Gasteiger partial charge in [0, 0.05) is 22.6 Å². The molecule has 0 aliphatic carbocycles. The first-order valence-electron chi connectivity index (χ1n) is 7.44. The molecular formula is C17H14BrN3O3S. The number of thioether (sulfide) groups is 1. The summed E-state index contributed by atoms with van der Waals surface area (Å²) in [5, 5.41) is 0.808. The molecule has 0 bridgehead atoms. The Morgan fingerprint density at radius 3 is 2.88 bits per heavy atom. The predicted molar refractivity (Wildman–Crippen MR) is 101 cm³/mol. The van der Waals surface area contributed by atoms with Crippen LogP contribution < -0.4 is 5.43 Å². The van der Waals surface area contributed by atoms with E-state index in [2.05, 4.69) is 25.9 Å². The van der Waals surface area contributed by atoms with E-state index in [0.29, 0.717) is 10.8 Å². The normalized spacial score (nSPS) is 10.8. The fourth-order valence-corrected chi connectivity index (χ4v) is 3.09. The zero-order valence-corrected chi connectivity index (χ0v) is 15.9. The molecule has 0 saturated carbocycles. The molecular weight excluding hydrogens is 406 g/mol. The maximum Gasteiger partial charge on any atom is 0.343 e. The number of fused-ring (bicyclic) bond motifs is 1. The first-order chi connectivity index (χ1) is 12.0. The Labute approximate surface area is 156 Å². The molecule has 8 heteroatoms. The third-order valence-corrected chi connectivity index (χ3v) is 4.54. The molecule has 25 heavy (non-hydrogen) atoms. The summed E-state index contributed by atoms with van der Waals surface area (Å²) in [6.45, 7) is 1.88. The number of nitrogens with zero attached hydrogens (tertiary/aromatic N) is 3. The Kier molecular flexibility index (Phi) is 5.19. The van der Waals surface area contributed by atoms with E-state index in [1.165, 1.54) is 24.2 Å². The van der Waals surface area contributed by atoms with Crippen molar-refractivity contribution in [3.8, 4) is 5.69 Å². The van der Waals surface area contributed by atoms with Crippen LogP contribution in [0, 0.1) is 0 Å². The van der Waals surface area contributed by atoms with Gasteiger partial charge in [-0.05, 0) is 31.4 Å². The second-order valence-electron chi connectivity index (χ2n) is 5.04. The minimum atomic E-state index is -0.660. The van der Waals surface area contributed by atoms with Crippen LogP contribution in [0.15, 0.2) is 51.1 Å². The number of halogens is 1. The molecule has 0 radical (unpaired) electrons. The number of carbonyl (C=O) groups excluding carboxylic acids is 1. The van der Waals surface area contributed by atoms with Gasteiger partial charge < -0.3 is 9.30 Å². The first-order valence-corrected chi connectivity index (χ1v) is 9.46. The second-order valence-corrected chi connectivity index (χ2v) is 6.73. The van der Waals surface area contributed by atoms with Gasteiger partial charge in [0.2, 0.25) is 5.43 Å². The highest BCUT2D eigenvalue weighted by molar-refractivity contribution is 9.10. The number of hydrogen-bond donors (Lipinski definition) is 0. The number of rotatable bonds is 4. The van der Waals surface area contributed by atoms with Crippen molar-refractivity contribution in [2.75, 3.05) is 12.9 Å². The van der Waals surface area contributed by atoms with Crippen LogP contribution in [-0.4, -0.2) is 33.4 Å². The first kappa shape index (κ1) is 17.6. The summed E-state index contributed by atoms with van der Waals surface area (Å²) < 4.78 is 7.58. The molecule has 0 N–H and O–H groups in total. The van der Waals surface area contributed by atoms with Gasteiger partial charge in [-0.1, -0.05) is 33.8 Å². The molecule has 6 nitrogen and oxygen atoms in total. The summed E-state index contributed by atoms with van der Waals surface area (Å²) in [5.41, 5.74) is 0.716. The lowest BCUT2D eigenvalue weighted by atomic mass is 10.2. The zero-order chi connectivity index (χ0) is 18.0. The molecule has 0 amide bonds. The van der Waals surface area contributed by atoms with E-state index >= 15 is 0 Å². The minimum absolute atomic E-state index is 0.0465. The second kappa shape index (κ2) is 7.37. The van der Waals surface area contributed by atoms with Gasteiger partial charge >= 0.3 is 5.97 Å². The van der Waals surface area contributed by atoms with Crippen LogP contribution in [0.25, 0.3) is 16.7 Å². The van der Waals surface area contributed by atoms with Gasteiger partial charge in [-0.25, -0.2) is 14.8 Å². The number of hydrogen-bond acceptors (Lipinski definition) is 6. The number of esters is 1. The average molecular weight is 420 g/mol. The summed E-state index contributed by atoms with van der Waals surface area (Å²) >= 11 is 4.81. The van der Waals surface area contributed by atoms with E-state index in [9.17, 15) is 9.59 Å². The fourth-order valence-electron chi connectivity index (χ4n) is 2.37. The lowest BCUT2D eigenvalue weighted by Gasteiger charge is -2.13. The molecule has 3 rings (SSSR count). The summed E-state index contributed by atoms with van der Waals surface area (Å²) in [7, 11) is 0. The SMILES string of the molecule is CCOC(=O)c1cn(-c2cccc(Br)c2)c2nc(SC)ncc2c1=O.